The van der Waals surface area contributed by atoms with Crippen LogP contribution < -0.4 is 10.4 Å². The molecule has 2 aromatic rings. The summed E-state index contributed by atoms with van der Waals surface area (Å²) < 4.78 is 1.83. The van der Waals surface area contributed by atoms with Gasteiger partial charge in [0, 0.05) is 0 Å². The Kier molecular flexibility index (Phi) is 6.09. The summed E-state index contributed by atoms with van der Waals surface area (Å²) in [7, 11) is -2.20. The first kappa shape index (κ1) is 22.5. The van der Waals surface area contributed by atoms with Crippen molar-refractivity contribution in [3.8, 4) is 0 Å². The van der Waals surface area contributed by atoms with Crippen LogP contribution in [0.4, 0.5) is 0 Å². The van der Waals surface area contributed by atoms with Crippen molar-refractivity contribution in [3.05, 3.63) is 81.3 Å². The molecular formula is C27H38SiTi. The minimum atomic E-state index is -2.20. The summed E-state index contributed by atoms with van der Waals surface area (Å²) in [6, 6.07) is 23.0. The van der Waals surface area contributed by atoms with E-state index in [9.17, 15) is 0 Å². The van der Waals surface area contributed by atoms with Crippen molar-refractivity contribution < 1.29 is 16.6 Å². The number of hydrogen-bond donors (Lipinski definition) is 0. The maximum atomic E-state index is 2.63. The molecule has 0 saturated carbocycles. The first-order chi connectivity index (χ1) is 13.5. The monoisotopic (exact) mass is 438 g/mol. The third kappa shape index (κ3) is 3.21. The van der Waals surface area contributed by atoms with Gasteiger partial charge in [-0.15, -0.1) is 0 Å². The van der Waals surface area contributed by atoms with Gasteiger partial charge in [0.15, 0.2) is 0 Å². The van der Waals surface area contributed by atoms with Crippen molar-refractivity contribution >= 4 is 18.4 Å². The molecular weight excluding hydrogens is 400 g/mol. The fourth-order valence-corrected chi connectivity index (χ4v) is 20.5. The van der Waals surface area contributed by atoms with E-state index < -0.39 is 24.7 Å². The number of allylic oxidation sites excluding steroid dienone is 4. The fraction of sp³-hybridized carbons (Fsp3) is 0.407. The Morgan fingerprint density at radius 2 is 1.14 bits per heavy atom. The molecule has 0 saturated heterocycles. The van der Waals surface area contributed by atoms with Crippen molar-refractivity contribution in [2.24, 2.45) is 0 Å². The second-order valence-corrected chi connectivity index (χ2v) is 23.1. The molecule has 0 amide bonds. The second kappa shape index (κ2) is 7.84. The Balaban J connectivity index is 2.54. The Bertz CT molecular complexity index is 906. The van der Waals surface area contributed by atoms with Gasteiger partial charge in [0.25, 0.3) is 0 Å². The molecule has 2 heteroatoms. The molecule has 2 aromatic carbocycles. The summed E-state index contributed by atoms with van der Waals surface area (Å²) in [5, 5.41) is 11.1. The van der Waals surface area contributed by atoms with Crippen LogP contribution in [0.3, 0.4) is 0 Å². The van der Waals surface area contributed by atoms with Crippen molar-refractivity contribution in [2.75, 3.05) is 0 Å². The van der Waals surface area contributed by atoms with E-state index >= 15 is 0 Å². The van der Waals surface area contributed by atoms with Gasteiger partial charge in [-0.25, -0.2) is 0 Å². The quantitative estimate of drug-likeness (QED) is 0.428. The molecule has 1 unspecified atom stereocenters. The van der Waals surface area contributed by atoms with Crippen molar-refractivity contribution in [3.63, 3.8) is 0 Å². The average Bonchev–Trinajstić information content (AvgIpc) is 2.84. The van der Waals surface area contributed by atoms with Gasteiger partial charge < -0.3 is 0 Å². The molecule has 0 N–H and O–H groups in total. The number of rotatable bonds is 5. The normalized spacial score (nSPS) is 20.8. The van der Waals surface area contributed by atoms with Gasteiger partial charge in [-0.2, -0.15) is 0 Å². The van der Waals surface area contributed by atoms with Crippen LogP contribution in [0.2, 0.25) is 26.3 Å². The summed E-state index contributed by atoms with van der Waals surface area (Å²) >= 11 is -2.14. The SMILES string of the molecule is CC1=C(C)C(C)([Si](c2ccccc2)(c2ccccc2)C(C)C)[C]([Ti]([CH3])([CH3])[CH3])=C1C. The molecule has 0 aliphatic heterocycles. The standard InChI is InChI=1S/C24H29Si.3CH3.Ti/c1-18(2)25(22-13-9-7-10-14-22,23-15-11-8-12-16-23)24(6)17-19(3)20(4)21(24)5;;;;/h7-16,18H,1-6H3;3*1H3;. The van der Waals surface area contributed by atoms with Crippen LogP contribution in [0.5, 0.6) is 0 Å². The van der Waals surface area contributed by atoms with Crippen LogP contribution in [-0.2, 0) is 16.6 Å². The number of hydrogen-bond acceptors (Lipinski definition) is 0. The summed E-state index contributed by atoms with van der Waals surface area (Å²) in [5.74, 6) is 0. The molecule has 154 valence electrons. The van der Waals surface area contributed by atoms with Gasteiger partial charge in [0.2, 0.25) is 0 Å². The topological polar surface area (TPSA) is 0 Å². The minimum absolute atomic E-state index is 0.121. The van der Waals surface area contributed by atoms with E-state index in [1.807, 2.05) is 3.88 Å². The first-order valence-electron chi connectivity index (χ1n) is 11.0. The van der Waals surface area contributed by atoms with Gasteiger partial charge in [-0.05, 0) is 0 Å². The van der Waals surface area contributed by atoms with E-state index in [-0.39, 0.29) is 5.04 Å². The molecule has 0 spiro atoms. The van der Waals surface area contributed by atoms with Crippen molar-refractivity contribution in [1.29, 1.82) is 0 Å². The molecule has 3 rings (SSSR count). The zero-order chi connectivity index (χ0) is 21.6. The molecule has 1 aliphatic rings. The molecule has 1 atom stereocenters. The summed E-state index contributed by atoms with van der Waals surface area (Å²) in [6.07, 6.45) is 0. The Morgan fingerprint density at radius 3 is 1.48 bits per heavy atom. The molecule has 29 heavy (non-hydrogen) atoms. The molecule has 0 radical (unpaired) electrons. The second-order valence-electron chi connectivity index (χ2n) is 10.3. The summed E-state index contributed by atoms with van der Waals surface area (Å²) in [5.41, 5.74) is 5.36. The van der Waals surface area contributed by atoms with Crippen LogP contribution in [0, 0.1) is 0 Å². The van der Waals surface area contributed by atoms with Gasteiger partial charge >= 0.3 is 184 Å². The maximum absolute atomic E-state index is 2.63. The van der Waals surface area contributed by atoms with Crippen LogP contribution >= 0.6 is 0 Å². The summed E-state index contributed by atoms with van der Waals surface area (Å²) in [4.78, 5) is 0. The fourth-order valence-electron chi connectivity index (χ4n) is 6.60. The summed E-state index contributed by atoms with van der Waals surface area (Å²) in [6.45, 7) is 14.8. The zero-order valence-corrected chi connectivity index (χ0v) is 22.4. The average molecular weight is 439 g/mol. The van der Waals surface area contributed by atoms with Gasteiger partial charge in [0.05, 0.1) is 0 Å². The molecule has 0 bridgehead atoms. The third-order valence-electron chi connectivity index (χ3n) is 7.61. The first-order valence-corrected chi connectivity index (χ1v) is 18.6. The zero-order valence-electron chi connectivity index (χ0n) is 19.9. The molecule has 0 nitrogen and oxygen atoms in total. The van der Waals surface area contributed by atoms with Gasteiger partial charge in [-0.1, -0.05) is 0 Å². The van der Waals surface area contributed by atoms with Crippen molar-refractivity contribution in [2.45, 2.75) is 67.8 Å². The molecule has 0 heterocycles. The third-order valence-corrected chi connectivity index (χ3v) is 18.1. The molecule has 1 aliphatic carbocycles. The Hall–Kier alpha value is -1.15. The predicted octanol–water partition coefficient (Wildman–Crippen LogP) is 7.34. The van der Waals surface area contributed by atoms with E-state index in [0.29, 0.717) is 5.54 Å². The van der Waals surface area contributed by atoms with Crippen LogP contribution in [-0.4, -0.2) is 8.07 Å². The van der Waals surface area contributed by atoms with E-state index in [4.69, 9.17) is 0 Å². The van der Waals surface area contributed by atoms with Crippen LogP contribution in [0.25, 0.3) is 0 Å². The van der Waals surface area contributed by atoms with E-state index in [1.165, 1.54) is 0 Å². The predicted molar refractivity (Wildman–Crippen MR) is 130 cm³/mol. The Morgan fingerprint density at radius 1 is 0.724 bits per heavy atom. The van der Waals surface area contributed by atoms with Gasteiger partial charge in [-0.3, -0.25) is 0 Å². The van der Waals surface area contributed by atoms with Gasteiger partial charge in [0.1, 0.15) is 0 Å². The van der Waals surface area contributed by atoms with Crippen LogP contribution in [0.1, 0.15) is 41.5 Å². The van der Waals surface area contributed by atoms with E-state index in [2.05, 4.69) is 118 Å². The van der Waals surface area contributed by atoms with Crippen LogP contribution in [0.15, 0.2) is 81.3 Å². The van der Waals surface area contributed by atoms with E-state index in [1.54, 1.807) is 27.1 Å². The van der Waals surface area contributed by atoms with Crippen molar-refractivity contribution in [1.82, 2.24) is 0 Å². The molecule has 0 aromatic heterocycles. The number of benzene rings is 2. The Labute approximate surface area is 183 Å². The molecule has 0 fully saturated rings. The van der Waals surface area contributed by atoms with E-state index in [0.717, 1.165) is 0 Å².